The third-order valence-electron chi connectivity index (χ3n) is 5.30. The van der Waals surface area contributed by atoms with Gasteiger partial charge in [-0.2, -0.15) is 0 Å². The monoisotopic (exact) mass is 370 g/mol. The van der Waals surface area contributed by atoms with E-state index in [1.165, 1.54) is 0 Å². The Morgan fingerprint density at radius 3 is 2.63 bits per heavy atom. The Morgan fingerprint density at radius 1 is 1.22 bits per heavy atom. The Hall–Kier alpha value is -2.54. The van der Waals surface area contributed by atoms with E-state index in [9.17, 15) is 4.79 Å². The molecule has 1 aromatic heterocycles. The lowest BCUT2D eigenvalue weighted by Crippen LogP contribution is -2.51. The molecule has 7 heteroatoms. The van der Waals surface area contributed by atoms with Gasteiger partial charge < -0.3 is 24.4 Å². The average molecular weight is 370 g/mol. The molecule has 7 nitrogen and oxygen atoms in total. The standard InChI is InChI=1S/C20H26N4O3/c1-14-13-24(12-9-21-14)20(25)17-18(15-5-7-16(26-2)8-6-15)27-22-19(17)23-10-3-4-11-23/h5-8,14,21H,3-4,9-13H2,1-2H3/t14-/m1/s1. The highest BCUT2D eigenvalue weighted by atomic mass is 16.5. The number of nitrogens with one attached hydrogen (secondary N) is 1. The van der Waals surface area contributed by atoms with Crippen molar-refractivity contribution in [3.05, 3.63) is 29.8 Å². The molecule has 0 radical (unpaired) electrons. The van der Waals surface area contributed by atoms with E-state index in [1.807, 2.05) is 29.2 Å². The van der Waals surface area contributed by atoms with Crippen molar-refractivity contribution in [3.63, 3.8) is 0 Å². The second-order valence-electron chi connectivity index (χ2n) is 7.24. The number of amides is 1. The number of rotatable bonds is 4. The van der Waals surface area contributed by atoms with Crippen LogP contribution in [-0.4, -0.2) is 61.8 Å². The van der Waals surface area contributed by atoms with Crippen molar-refractivity contribution in [2.75, 3.05) is 44.7 Å². The van der Waals surface area contributed by atoms with E-state index in [4.69, 9.17) is 9.26 Å². The number of benzene rings is 1. The zero-order valence-electron chi connectivity index (χ0n) is 15.9. The molecule has 2 aliphatic heterocycles. The Morgan fingerprint density at radius 2 is 1.96 bits per heavy atom. The fraction of sp³-hybridized carbons (Fsp3) is 0.500. The molecule has 4 rings (SSSR count). The normalized spacial score (nSPS) is 20.1. The molecule has 2 aromatic rings. The third kappa shape index (κ3) is 3.51. The van der Waals surface area contributed by atoms with E-state index in [0.717, 1.165) is 43.8 Å². The van der Waals surface area contributed by atoms with Crippen molar-refractivity contribution in [3.8, 4) is 17.1 Å². The molecule has 2 aliphatic rings. The van der Waals surface area contributed by atoms with Gasteiger partial charge >= 0.3 is 0 Å². The Labute approximate surface area is 159 Å². The molecule has 0 unspecified atom stereocenters. The van der Waals surface area contributed by atoms with Gasteiger partial charge in [0.25, 0.3) is 5.91 Å². The minimum atomic E-state index is -0.00248. The molecule has 0 spiro atoms. The number of carbonyl (C=O) groups is 1. The van der Waals surface area contributed by atoms with Gasteiger partial charge in [-0.05, 0) is 44.0 Å². The van der Waals surface area contributed by atoms with Crippen molar-refractivity contribution in [1.29, 1.82) is 0 Å². The molecule has 0 bridgehead atoms. The van der Waals surface area contributed by atoms with Gasteiger partial charge in [-0.15, -0.1) is 0 Å². The summed E-state index contributed by atoms with van der Waals surface area (Å²) in [7, 11) is 1.63. The fourth-order valence-corrected chi connectivity index (χ4v) is 3.83. The molecule has 3 heterocycles. The quantitative estimate of drug-likeness (QED) is 0.891. The first kappa shape index (κ1) is 17.9. The summed E-state index contributed by atoms with van der Waals surface area (Å²) in [4.78, 5) is 17.5. The molecule has 1 atom stereocenters. The molecule has 1 aromatic carbocycles. The molecule has 1 amide bonds. The molecule has 0 saturated carbocycles. The first-order valence-corrected chi connectivity index (χ1v) is 9.59. The molecule has 2 saturated heterocycles. The summed E-state index contributed by atoms with van der Waals surface area (Å²) in [6.45, 7) is 6.09. The van der Waals surface area contributed by atoms with Gasteiger partial charge in [0.1, 0.15) is 11.3 Å². The number of hydrogen-bond acceptors (Lipinski definition) is 6. The molecular formula is C20H26N4O3. The maximum absolute atomic E-state index is 13.4. The van der Waals surface area contributed by atoms with Gasteiger partial charge in [0.2, 0.25) is 0 Å². The predicted octanol–water partition coefficient (Wildman–Crippen LogP) is 2.38. The average Bonchev–Trinajstić information content (AvgIpc) is 3.37. The van der Waals surface area contributed by atoms with Gasteiger partial charge in [-0.25, -0.2) is 0 Å². The number of anilines is 1. The van der Waals surface area contributed by atoms with Crippen molar-refractivity contribution in [2.24, 2.45) is 0 Å². The zero-order valence-corrected chi connectivity index (χ0v) is 15.9. The number of piperazine rings is 1. The van der Waals surface area contributed by atoms with Crippen LogP contribution in [0.1, 0.15) is 30.1 Å². The van der Waals surface area contributed by atoms with Crippen LogP contribution in [0.2, 0.25) is 0 Å². The second kappa shape index (κ2) is 7.60. The minimum absolute atomic E-state index is 0.00248. The van der Waals surface area contributed by atoms with E-state index in [-0.39, 0.29) is 11.9 Å². The first-order chi connectivity index (χ1) is 13.2. The van der Waals surface area contributed by atoms with Crippen LogP contribution in [0.5, 0.6) is 5.75 Å². The van der Waals surface area contributed by atoms with Gasteiger partial charge in [-0.3, -0.25) is 4.79 Å². The molecule has 0 aliphatic carbocycles. The summed E-state index contributed by atoms with van der Waals surface area (Å²) < 4.78 is 11.0. The van der Waals surface area contributed by atoms with Crippen LogP contribution in [0.3, 0.4) is 0 Å². The lowest BCUT2D eigenvalue weighted by atomic mass is 10.1. The van der Waals surface area contributed by atoms with Crippen molar-refractivity contribution in [2.45, 2.75) is 25.8 Å². The summed E-state index contributed by atoms with van der Waals surface area (Å²) in [6, 6.07) is 7.83. The first-order valence-electron chi connectivity index (χ1n) is 9.59. The van der Waals surface area contributed by atoms with E-state index >= 15 is 0 Å². The lowest BCUT2D eigenvalue weighted by molar-refractivity contribution is 0.0710. The largest absolute Gasteiger partial charge is 0.497 e. The van der Waals surface area contributed by atoms with Crippen molar-refractivity contribution >= 4 is 11.7 Å². The summed E-state index contributed by atoms with van der Waals surface area (Å²) >= 11 is 0. The highest BCUT2D eigenvalue weighted by Crippen LogP contribution is 2.34. The number of aromatic nitrogens is 1. The van der Waals surface area contributed by atoms with E-state index < -0.39 is 0 Å². The number of nitrogens with zero attached hydrogens (tertiary/aromatic N) is 3. The Kier molecular flexibility index (Phi) is 5.03. The van der Waals surface area contributed by atoms with Crippen LogP contribution >= 0.6 is 0 Å². The number of methoxy groups -OCH3 is 1. The van der Waals surface area contributed by atoms with Gasteiger partial charge in [0.15, 0.2) is 11.6 Å². The highest BCUT2D eigenvalue weighted by Gasteiger charge is 2.33. The molecule has 27 heavy (non-hydrogen) atoms. The van der Waals surface area contributed by atoms with E-state index in [2.05, 4.69) is 22.3 Å². The van der Waals surface area contributed by atoms with Gasteiger partial charge in [0, 0.05) is 44.3 Å². The summed E-state index contributed by atoms with van der Waals surface area (Å²) in [5.41, 5.74) is 1.41. The zero-order chi connectivity index (χ0) is 18.8. The van der Waals surface area contributed by atoms with Gasteiger partial charge in [0.05, 0.1) is 7.11 Å². The topological polar surface area (TPSA) is 70.8 Å². The summed E-state index contributed by atoms with van der Waals surface area (Å²) in [6.07, 6.45) is 2.23. The van der Waals surface area contributed by atoms with Crippen molar-refractivity contribution in [1.82, 2.24) is 15.4 Å². The molecule has 144 valence electrons. The number of carbonyl (C=O) groups excluding carboxylic acids is 1. The Balaban J connectivity index is 1.73. The molecule has 1 N–H and O–H groups in total. The number of ether oxygens (including phenoxy) is 1. The Bertz CT molecular complexity index is 796. The van der Waals surface area contributed by atoms with Crippen molar-refractivity contribution < 1.29 is 14.1 Å². The SMILES string of the molecule is COc1ccc(-c2onc(N3CCCC3)c2C(=O)N2CCN[C@H](C)C2)cc1. The van der Waals surface area contributed by atoms with Crippen LogP contribution in [0.25, 0.3) is 11.3 Å². The lowest BCUT2D eigenvalue weighted by Gasteiger charge is -2.32. The van der Waals surface area contributed by atoms with Crippen LogP contribution in [-0.2, 0) is 0 Å². The highest BCUT2D eigenvalue weighted by molar-refractivity contribution is 6.04. The smallest absolute Gasteiger partial charge is 0.261 e. The second-order valence-corrected chi connectivity index (χ2v) is 7.24. The van der Waals surface area contributed by atoms with Crippen LogP contribution in [0.15, 0.2) is 28.8 Å². The third-order valence-corrected chi connectivity index (χ3v) is 5.30. The summed E-state index contributed by atoms with van der Waals surface area (Å²) in [5.74, 6) is 1.98. The van der Waals surface area contributed by atoms with E-state index in [1.54, 1.807) is 7.11 Å². The maximum atomic E-state index is 13.4. The molecule has 2 fully saturated rings. The molecular weight excluding hydrogens is 344 g/mol. The van der Waals surface area contributed by atoms with Crippen LogP contribution < -0.4 is 15.0 Å². The van der Waals surface area contributed by atoms with Gasteiger partial charge in [-0.1, -0.05) is 5.16 Å². The van der Waals surface area contributed by atoms with Crippen LogP contribution in [0, 0.1) is 0 Å². The van der Waals surface area contributed by atoms with Crippen LogP contribution in [0.4, 0.5) is 5.82 Å². The minimum Gasteiger partial charge on any atom is -0.497 e. The summed E-state index contributed by atoms with van der Waals surface area (Å²) in [5, 5.41) is 7.69. The van der Waals surface area contributed by atoms with E-state index in [0.29, 0.717) is 30.2 Å². The number of hydrogen-bond donors (Lipinski definition) is 1. The fourth-order valence-electron chi connectivity index (χ4n) is 3.83. The predicted molar refractivity (Wildman–Crippen MR) is 103 cm³/mol. The maximum Gasteiger partial charge on any atom is 0.261 e.